The Labute approximate surface area is 201 Å². The van der Waals surface area contributed by atoms with Crippen LogP contribution in [0.3, 0.4) is 0 Å². The number of anilines is 1. The van der Waals surface area contributed by atoms with Gasteiger partial charge >= 0.3 is 0 Å². The maximum absolute atomic E-state index is 13.2. The average molecular weight is 476 g/mol. The molecule has 6 heteroatoms. The van der Waals surface area contributed by atoms with Gasteiger partial charge in [0.15, 0.2) is 0 Å². The molecular formula is C27H22ClNO3S. The van der Waals surface area contributed by atoms with Crippen molar-refractivity contribution in [2.45, 2.75) is 13.0 Å². The molecule has 1 aromatic heterocycles. The molecule has 0 aliphatic carbocycles. The van der Waals surface area contributed by atoms with E-state index in [1.54, 1.807) is 18.0 Å². The molecule has 0 radical (unpaired) electrons. The normalized spacial score (nSPS) is 12.3. The Bertz CT molecular complexity index is 1350. The highest BCUT2D eigenvalue weighted by Gasteiger charge is 2.24. The number of fused-ring (bicyclic) bond motifs is 3. The maximum Gasteiger partial charge on any atom is 0.268 e. The van der Waals surface area contributed by atoms with E-state index in [0.717, 1.165) is 44.9 Å². The number of amides is 1. The minimum absolute atomic E-state index is 0.00722. The van der Waals surface area contributed by atoms with Gasteiger partial charge in [-0.1, -0.05) is 48.0 Å². The van der Waals surface area contributed by atoms with Crippen LogP contribution in [0.5, 0.6) is 5.75 Å². The van der Waals surface area contributed by atoms with Crippen LogP contribution in [-0.2, 0) is 13.0 Å². The van der Waals surface area contributed by atoms with Crippen LogP contribution in [0, 0.1) is 0 Å². The van der Waals surface area contributed by atoms with E-state index in [1.165, 1.54) is 11.3 Å². The summed E-state index contributed by atoms with van der Waals surface area (Å²) in [6.45, 7) is 0.554. The minimum atomic E-state index is -0.0823. The smallest absolute Gasteiger partial charge is 0.268 e. The topological polar surface area (TPSA) is 49.8 Å². The molecule has 4 nitrogen and oxygen atoms in total. The number of hydrogen-bond donors (Lipinski definition) is 1. The molecule has 33 heavy (non-hydrogen) atoms. The molecule has 1 N–H and O–H groups in total. The Kier molecular flexibility index (Phi) is 5.94. The number of thiophene rings is 1. The molecule has 1 aliphatic heterocycles. The Hall–Kier alpha value is -3.12. The van der Waals surface area contributed by atoms with Gasteiger partial charge < -0.3 is 14.7 Å². The number of nitrogens with zero attached hydrogens (tertiary/aromatic N) is 1. The summed E-state index contributed by atoms with van der Waals surface area (Å²) in [6.07, 6.45) is 0.735. The molecule has 0 atom stereocenters. The van der Waals surface area contributed by atoms with Gasteiger partial charge in [-0.15, -0.1) is 11.3 Å². The van der Waals surface area contributed by atoms with Crippen molar-refractivity contribution in [1.29, 1.82) is 0 Å². The first-order chi connectivity index (χ1) is 16.0. The maximum atomic E-state index is 13.2. The molecule has 1 amide bonds. The van der Waals surface area contributed by atoms with Crippen molar-refractivity contribution in [3.63, 3.8) is 0 Å². The molecule has 0 saturated heterocycles. The van der Waals surface area contributed by atoms with Crippen LogP contribution in [0.1, 0.15) is 20.8 Å². The lowest BCUT2D eigenvalue weighted by Crippen LogP contribution is -2.25. The summed E-state index contributed by atoms with van der Waals surface area (Å²) in [5.74, 6) is 0.724. The van der Waals surface area contributed by atoms with Crippen LogP contribution in [0.4, 0.5) is 5.69 Å². The number of rotatable bonds is 4. The van der Waals surface area contributed by atoms with Gasteiger partial charge in [0.25, 0.3) is 5.91 Å². The van der Waals surface area contributed by atoms with Gasteiger partial charge in [-0.05, 0) is 58.7 Å². The predicted octanol–water partition coefficient (Wildman–Crippen LogP) is 6.44. The lowest BCUT2D eigenvalue weighted by atomic mass is 10.00. The van der Waals surface area contributed by atoms with Crippen molar-refractivity contribution in [3.05, 3.63) is 93.8 Å². The van der Waals surface area contributed by atoms with Crippen molar-refractivity contribution in [1.82, 2.24) is 0 Å². The fraction of sp³-hybridized carbons (Fsp3) is 0.148. The Morgan fingerprint density at radius 3 is 2.70 bits per heavy atom. The second kappa shape index (κ2) is 9.02. The number of para-hydroxylation sites is 1. The van der Waals surface area contributed by atoms with Crippen LogP contribution < -0.4 is 9.64 Å². The summed E-state index contributed by atoms with van der Waals surface area (Å²) < 4.78 is 6.09. The van der Waals surface area contributed by atoms with Crippen LogP contribution in [0.25, 0.3) is 21.6 Å². The molecule has 1 aliphatic rings. The molecule has 0 unspecified atom stereocenters. The molecule has 5 rings (SSSR count). The second-order valence-corrected chi connectivity index (χ2v) is 9.41. The third kappa shape index (κ3) is 4.15. The summed E-state index contributed by atoms with van der Waals surface area (Å²) in [4.78, 5) is 16.6. The largest absolute Gasteiger partial charge is 0.493 e. The highest BCUT2D eigenvalue weighted by atomic mass is 35.5. The van der Waals surface area contributed by atoms with Crippen LogP contribution >= 0.6 is 22.9 Å². The third-order valence-corrected chi connectivity index (χ3v) is 7.35. The number of benzene rings is 3. The zero-order chi connectivity index (χ0) is 22.9. The molecule has 0 spiro atoms. The van der Waals surface area contributed by atoms with E-state index >= 15 is 0 Å². The molecule has 0 saturated carbocycles. The molecule has 2 heterocycles. The van der Waals surface area contributed by atoms with E-state index in [2.05, 4.69) is 12.1 Å². The number of carbonyl (C=O) groups is 1. The standard InChI is InChI=1S/C27H22ClNO3S/c1-29(23-8-3-2-7-22(23)28)27(31)25-15-20-11-12-32-24-14-19(9-10-21(24)26(20)33-25)18-6-4-5-17(13-18)16-30/h2-10,13-15,30H,11-12,16H2,1H3. The summed E-state index contributed by atoms with van der Waals surface area (Å²) in [7, 11) is 1.75. The Balaban J connectivity index is 1.50. The molecule has 3 aromatic carbocycles. The highest BCUT2D eigenvalue weighted by molar-refractivity contribution is 7.17. The zero-order valence-electron chi connectivity index (χ0n) is 18.0. The SMILES string of the molecule is CN(C(=O)c1cc2c(s1)-c1ccc(-c3cccc(CO)c3)cc1OCC2)c1ccccc1Cl. The van der Waals surface area contributed by atoms with Crippen molar-refractivity contribution >= 4 is 34.5 Å². The minimum Gasteiger partial charge on any atom is -0.493 e. The second-order valence-electron chi connectivity index (χ2n) is 7.95. The fourth-order valence-corrected chi connectivity index (χ4v) is 5.55. The zero-order valence-corrected chi connectivity index (χ0v) is 19.6. The molecule has 0 fully saturated rings. The number of carbonyl (C=O) groups excluding carboxylic acids is 1. The van der Waals surface area contributed by atoms with E-state index in [-0.39, 0.29) is 12.5 Å². The summed E-state index contributed by atoms with van der Waals surface area (Å²) in [5, 5.41) is 10.0. The summed E-state index contributed by atoms with van der Waals surface area (Å²) in [5.41, 5.74) is 5.72. The average Bonchev–Trinajstić information content (AvgIpc) is 3.19. The van der Waals surface area contributed by atoms with E-state index in [0.29, 0.717) is 22.2 Å². The van der Waals surface area contributed by atoms with Crippen LogP contribution in [0.15, 0.2) is 72.8 Å². The van der Waals surface area contributed by atoms with Crippen molar-refractivity contribution in [2.24, 2.45) is 0 Å². The molecule has 4 aromatic rings. The first kappa shape index (κ1) is 21.7. The number of halogens is 1. The molecule has 166 valence electrons. The van der Waals surface area contributed by atoms with Crippen LogP contribution in [0.2, 0.25) is 5.02 Å². The molecule has 0 bridgehead atoms. The van der Waals surface area contributed by atoms with Gasteiger partial charge in [0, 0.05) is 23.9 Å². The van der Waals surface area contributed by atoms with Crippen LogP contribution in [-0.4, -0.2) is 24.7 Å². The van der Waals surface area contributed by atoms with Gasteiger partial charge in [0.2, 0.25) is 0 Å². The van der Waals surface area contributed by atoms with E-state index < -0.39 is 0 Å². The highest BCUT2D eigenvalue weighted by Crippen LogP contribution is 2.43. The number of aliphatic hydroxyl groups excluding tert-OH is 1. The van der Waals surface area contributed by atoms with Crippen molar-refractivity contribution < 1.29 is 14.6 Å². The predicted molar refractivity (Wildman–Crippen MR) is 134 cm³/mol. The summed E-state index contributed by atoms with van der Waals surface area (Å²) in [6, 6.07) is 23.3. The lowest BCUT2D eigenvalue weighted by Gasteiger charge is -2.17. The van der Waals surface area contributed by atoms with Gasteiger partial charge in [0.1, 0.15) is 5.75 Å². The summed E-state index contributed by atoms with van der Waals surface area (Å²) >= 11 is 7.79. The lowest BCUT2D eigenvalue weighted by molar-refractivity contribution is 0.0996. The quantitative estimate of drug-likeness (QED) is 0.369. The van der Waals surface area contributed by atoms with Crippen molar-refractivity contribution in [2.75, 3.05) is 18.6 Å². The number of hydrogen-bond acceptors (Lipinski definition) is 4. The Morgan fingerprint density at radius 2 is 1.88 bits per heavy atom. The van der Waals surface area contributed by atoms with Crippen molar-refractivity contribution in [3.8, 4) is 27.3 Å². The van der Waals surface area contributed by atoms with Gasteiger partial charge in [-0.2, -0.15) is 0 Å². The first-order valence-electron chi connectivity index (χ1n) is 10.7. The first-order valence-corrected chi connectivity index (χ1v) is 11.9. The number of aliphatic hydroxyl groups is 1. The van der Waals surface area contributed by atoms with E-state index in [4.69, 9.17) is 16.3 Å². The fourth-order valence-electron chi connectivity index (χ4n) is 4.08. The monoisotopic (exact) mass is 475 g/mol. The Morgan fingerprint density at radius 1 is 1.06 bits per heavy atom. The van der Waals surface area contributed by atoms with Gasteiger partial charge in [-0.3, -0.25) is 4.79 Å². The number of ether oxygens (including phenoxy) is 1. The van der Waals surface area contributed by atoms with Gasteiger partial charge in [0.05, 0.1) is 28.8 Å². The van der Waals surface area contributed by atoms with Gasteiger partial charge in [-0.25, -0.2) is 0 Å². The van der Waals surface area contributed by atoms with E-state index in [9.17, 15) is 9.90 Å². The third-order valence-electron chi connectivity index (χ3n) is 5.84. The van der Waals surface area contributed by atoms with E-state index in [1.807, 2.05) is 54.6 Å². The molecular weight excluding hydrogens is 454 g/mol.